The zero-order chi connectivity index (χ0) is 11.7. The van der Waals surface area contributed by atoms with Gasteiger partial charge in [-0.05, 0) is 19.4 Å². The summed E-state index contributed by atoms with van der Waals surface area (Å²) in [6.07, 6.45) is 0.404. The third-order valence-corrected chi connectivity index (χ3v) is 2.98. The van der Waals surface area contributed by atoms with Gasteiger partial charge in [0.05, 0.1) is 16.6 Å². The van der Waals surface area contributed by atoms with Crippen LogP contribution in [-0.2, 0) is 0 Å². The van der Waals surface area contributed by atoms with Crippen LogP contribution in [0.15, 0.2) is 18.2 Å². The predicted molar refractivity (Wildman–Crippen MR) is 60.7 cm³/mol. The van der Waals surface area contributed by atoms with E-state index in [-0.39, 0.29) is 16.7 Å². The van der Waals surface area contributed by atoms with Crippen molar-refractivity contribution in [2.45, 2.75) is 19.4 Å². The summed E-state index contributed by atoms with van der Waals surface area (Å²) in [7, 11) is 0. The molecule has 5 nitrogen and oxygen atoms in total. The number of aliphatic hydroxyl groups is 1. The van der Waals surface area contributed by atoms with Gasteiger partial charge in [0.2, 0.25) is 0 Å². The number of hydrogen-bond donors (Lipinski definition) is 1. The summed E-state index contributed by atoms with van der Waals surface area (Å²) in [5.41, 5.74) is 1.66. The summed E-state index contributed by atoms with van der Waals surface area (Å²) < 4.78 is 0. The van der Waals surface area contributed by atoms with E-state index in [0.29, 0.717) is 12.1 Å². The Labute approximate surface area is 93.5 Å². The highest BCUT2D eigenvalue weighted by Crippen LogP contribution is 2.30. The molecule has 0 aromatic heterocycles. The molecule has 0 aliphatic carbocycles. The van der Waals surface area contributed by atoms with Gasteiger partial charge in [0.25, 0.3) is 5.69 Å². The van der Waals surface area contributed by atoms with Gasteiger partial charge in [-0.15, -0.1) is 0 Å². The molecule has 5 heteroatoms. The molecule has 0 saturated carbocycles. The van der Waals surface area contributed by atoms with Gasteiger partial charge in [-0.3, -0.25) is 10.1 Å². The zero-order valence-electron chi connectivity index (χ0n) is 9.09. The molecule has 1 aromatic rings. The van der Waals surface area contributed by atoms with E-state index in [1.54, 1.807) is 13.0 Å². The van der Waals surface area contributed by atoms with Crippen molar-refractivity contribution in [1.29, 1.82) is 0 Å². The fourth-order valence-electron chi connectivity index (χ4n) is 2.11. The standard InChI is InChI=1S/C11H14N2O3/c1-8-10(12-6-5-9(14)7-12)3-2-4-11(8)13(15)16/h2-4,9,14H,5-7H2,1H3/t9-/m0/s1. The Bertz CT molecular complexity index is 420. The van der Waals surface area contributed by atoms with Crippen LogP contribution >= 0.6 is 0 Å². The fourth-order valence-corrected chi connectivity index (χ4v) is 2.11. The predicted octanol–water partition coefficient (Wildman–Crippen LogP) is 1.47. The molecule has 86 valence electrons. The SMILES string of the molecule is Cc1c(N2CC[C@H](O)C2)cccc1[N+](=O)[O-]. The third-order valence-electron chi connectivity index (χ3n) is 2.98. The number of aliphatic hydroxyl groups excluding tert-OH is 1. The zero-order valence-corrected chi connectivity index (χ0v) is 9.09. The van der Waals surface area contributed by atoms with E-state index in [4.69, 9.17) is 0 Å². The molecule has 0 radical (unpaired) electrons. The molecule has 1 N–H and O–H groups in total. The van der Waals surface area contributed by atoms with Gasteiger partial charge in [-0.2, -0.15) is 0 Å². The number of hydrogen-bond acceptors (Lipinski definition) is 4. The molecule has 0 unspecified atom stereocenters. The fraction of sp³-hybridized carbons (Fsp3) is 0.455. The van der Waals surface area contributed by atoms with Crippen LogP contribution in [0.1, 0.15) is 12.0 Å². The smallest absolute Gasteiger partial charge is 0.274 e. The van der Waals surface area contributed by atoms with E-state index >= 15 is 0 Å². The lowest BCUT2D eigenvalue weighted by Gasteiger charge is -2.19. The lowest BCUT2D eigenvalue weighted by molar-refractivity contribution is -0.385. The molecule has 1 heterocycles. The van der Waals surface area contributed by atoms with Crippen LogP contribution < -0.4 is 4.90 Å². The van der Waals surface area contributed by atoms with Crippen molar-refractivity contribution in [2.75, 3.05) is 18.0 Å². The van der Waals surface area contributed by atoms with Crippen molar-refractivity contribution < 1.29 is 10.0 Å². The molecule has 0 spiro atoms. The van der Waals surface area contributed by atoms with Crippen LogP contribution in [-0.4, -0.2) is 29.2 Å². The largest absolute Gasteiger partial charge is 0.391 e. The van der Waals surface area contributed by atoms with Crippen LogP contribution in [0.4, 0.5) is 11.4 Å². The minimum Gasteiger partial charge on any atom is -0.391 e. The van der Waals surface area contributed by atoms with Crippen molar-refractivity contribution in [3.8, 4) is 0 Å². The van der Waals surface area contributed by atoms with Crippen LogP contribution in [0, 0.1) is 17.0 Å². The van der Waals surface area contributed by atoms with E-state index in [0.717, 1.165) is 18.7 Å². The highest BCUT2D eigenvalue weighted by atomic mass is 16.6. The maximum atomic E-state index is 10.8. The Hall–Kier alpha value is -1.62. The molecular weight excluding hydrogens is 208 g/mol. The second-order valence-corrected chi connectivity index (χ2v) is 4.07. The van der Waals surface area contributed by atoms with Gasteiger partial charge in [0.15, 0.2) is 0 Å². The summed E-state index contributed by atoms with van der Waals surface area (Å²) >= 11 is 0. The molecule has 0 amide bonds. The summed E-state index contributed by atoms with van der Waals surface area (Å²) in [6, 6.07) is 5.05. The third kappa shape index (κ3) is 1.86. The van der Waals surface area contributed by atoms with Crippen LogP contribution in [0.2, 0.25) is 0 Å². The molecule has 1 atom stereocenters. The average Bonchev–Trinajstić information content (AvgIpc) is 2.64. The summed E-state index contributed by atoms with van der Waals surface area (Å²) in [4.78, 5) is 12.4. The number of nitrogens with zero attached hydrogens (tertiary/aromatic N) is 2. The molecule has 2 rings (SSSR count). The summed E-state index contributed by atoms with van der Waals surface area (Å²) in [5, 5.41) is 20.2. The lowest BCUT2D eigenvalue weighted by atomic mass is 10.1. The second kappa shape index (κ2) is 4.09. The maximum Gasteiger partial charge on any atom is 0.274 e. The average molecular weight is 222 g/mol. The maximum absolute atomic E-state index is 10.8. The van der Waals surface area contributed by atoms with Crippen molar-refractivity contribution in [3.05, 3.63) is 33.9 Å². The Kier molecular flexibility index (Phi) is 2.78. The number of rotatable bonds is 2. The topological polar surface area (TPSA) is 66.6 Å². The molecule has 1 fully saturated rings. The number of β-amino-alcohol motifs (C(OH)–C–C–N with tert-alkyl or cyclic N) is 1. The first-order valence-corrected chi connectivity index (χ1v) is 5.26. The van der Waals surface area contributed by atoms with Crippen LogP contribution in [0.3, 0.4) is 0 Å². The molecule has 0 bridgehead atoms. The Morgan fingerprint density at radius 2 is 2.31 bits per heavy atom. The molecule has 1 saturated heterocycles. The van der Waals surface area contributed by atoms with Gasteiger partial charge in [-0.25, -0.2) is 0 Å². The quantitative estimate of drug-likeness (QED) is 0.608. The summed E-state index contributed by atoms with van der Waals surface area (Å²) in [6.45, 7) is 3.06. The van der Waals surface area contributed by atoms with E-state index in [1.807, 2.05) is 11.0 Å². The molecule has 1 aliphatic heterocycles. The van der Waals surface area contributed by atoms with E-state index in [1.165, 1.54) is 6.07 Å². The Morgan fingerprint density at radius 3 is 2.88 bits per heavy atom. The number of anilines is 1. The van der Waals surface area contributed by atoms with Crippen molar-refractivity contribution in [3.63, 3.8) is 0 Å². The van der Waals surface area contributed by atoms with Crippen LogP contribution in [0.5, 0.6) is 0 Å². The number of nitro benzene ring substituents is 1. The van der Waals surface area contributed by atoms with Gasteiger partial charge >= 0.3 is 0 Å². The lowest BCUT2D eigenvalue weighted by Crippen LogP contribution is -2.22. The molecule has 1 aromatic carbocycles. The Morgan fingerprint density at radius 1 is 1.56 bits per heavy atom. The number of benzene rings is 1. The first-order chi connectivity index (χ1) is 7.59. The van der Waals surface area contributed by atoms with Crippen molar-refractivity contribution in [2.24, 2.45) is 0 Å². The van der Waals surface area contributed by atoms with E-state index < -0.39 is 0 Å². The van der Waals surface area contributed by atoms with E-state index in [2.05, 4.69) is 0 Å². The first kappa shape index (κ1) is 10.9. The van der Waals surface area contributed by atoms with Gasteiger partial charge in [-0.1, -0.05) is 6.07 Å². The second-order valence-electron chi connectivity index (χ2n) is 4.07. The molecule has 1 aliphatic rings. The minimum atomic E-state index is -0.370. The number of nitro groups is 1. The monoisotopic (exact) mass is 222 g/mol. The van der Waals surface area contributed by atoms with E-state index in [9.17, 15) is 15.2 Å². The normalized spacial score (nSPS) is 20.1. The highest BCUT2D eigenvalue weighted by Gasteiger charge is 2.24. The highest BCUT2D eigenvalue weighted by molar-refractivity contribution is 5.61. The van der Waals surface area contributed by atoms with Crippen molar-refractivity contribution >= 4 is 11.4 Å². The van der Waals surface area contributed by atoms with Crippen molar-refractivity contribution in [1.82, 2.24) is 0 Å². The minimum absolute atomic E-state index is 0.138. The van der Waals surface area contributed by atoms with Gasteiger partial charge in [0.1, 0.15) is 0 Å². The van der Waals surface area contributed by atoms with Gasteiger partial charge < -0.3 is 10.0 Å². The molecular formula is C11H14N2O3. The van der Waals surface area contributed by atoms with Gasteiger partial charge in [0, 0.05) is 24.8 Å². The first-order valence-electron chi connectivity index (χ1n) is 5.26. The summed E-state index contributed by atoms with van der Waals surface area (Å²) in [5.74, 6) is 0. The van der Waals surface area contributed by atoms with Crippen LogP contribution in [0.25, 0.3) is 0 Å². The Balaban J connectivity index is 2.34. The molecule has 16 heavy (non-hydrogen) atoms.